The van der Waals surface area contributed by atoms with E-state index in [4.69, 9.17) is 4.74 Å². The van der Waals surface area contributed by atoms with Gasteiger partial charge in [0.25, 0.3) is 0 Å². The van der Waals surface area contributed by atoms with Crippen LogP contribution in [0.3, 0.4) is 0 Å². The Morgan fingerprint density at radius 3 is 2.50 bits per heavy atom. The molecule has 0 aliphatic rings. The quantitative estimate of drug-likeness (QED) is 0.716. The standard InChI is InChI=1S/C10H10F3O/c1-7(2)14-9-5-3-4-8(6-9)10(11,12)13/h3,5-7H,1-2H3. The van der Waals surface area contributed by atoms with Crippen molar-refractivity contribution in [3.05, 3.63) is 29.8 Å². The fourth-order valence-electron chi connectivity index (χ4n) is 0.955. The van der Waals surface area contributed by atoms with Crippen LogP contribution in [0, 0.1) is 6.07 Å². The lowest BCUT2D eigenvalue weighted by molar-refractivity contribution is -0.137. The van der Waals surface area contributed by atoms with Crippen LogP contribution in [0.5, 0.6) is 5.75 Å². The molecule has 0 aliphatic heterocycles. The summed E-state index contributed by atoms with van der Waals surface area (Å²) in [5, 5.41) is 0. The number of benzene rings is 1. The third-order valence-corrected chi connectivity index (χ3v) is 1.45. The van der Waals surface area contributed by atoms with E-state index in [0.717, 1.165) is 6.07 Å². The topological polar surface area (TPSA) is 9.23 Å². The minimum atomic E-state index is -4.36. The van der Waals surface area contributed by atoms with Crippen molar-refractivity contribution in [3.63, 3.8) is 0 Å². The zero-order valence-electron chi connectivity index (χ0n) is 7.85. The third-order valence-electron chi connectivity index (χ3n) is 1.45. The number of alkyl halides is 3. The number of hydrogen-bond donors (Lipinski definition) is 0. The smallest absolute Gasteiger partial charge is 0.417 e. The normalized spacial score (nSPS) is 11.9. The molecule has 0 spiro atoms. The van der Waals surface area contributed by atoms with Crippen LogP contribution < -0.4 is 4.74 Å². The third kappa shape index (κ3) is 2.94. The van der Waals surface area contributed by atoms with E-state index in [-0.39, 0.29) is 11.9 Å². The molecule has 4 heteroatoms. The molecule has 1 radical (unpaired) electrons. The van der Waals surface area contributed by atoms with Gasteiger partial charge in [-0.2, -0.15) is 13.2 Å². The average Bonchev–Trinajstić information content (AvgIpc) is 2.01. The maximum absolute atomic E-state index is 12.2. The lowest BCUT2D eigenvalue weighted by Gasteiger charge is -2.11. The van der Waals surface area contributed by atoms with Gasteiger partial charge in [0.15, 0.2) is 0 Å². The molecule has 0 fully saturated rings. The van der Waals surface area contributed by atoms with Gasteiger partial charge < -0.3 is 4.74 Å². The van der Waals surface area contributed by atoms with Crippen LogP contribution in [-0.2, 0) is 6.18 Å². The molecule has 0 amide bonds. The highest BCUT2D eigenvalue weighted by Crippen LogP contribution is 2.31. The first-order chi connectivity index (χ1) is 6.39. The minimum absolute atomic E-state index is 0.140. The van der Waals surface area contributed by atoms with Crippen LogP contribution in [0.25, 0.3) is 0 Å². The molecule has 1 aromatic rings. The van der Waals surface area contributed by atoms with Crippen molar-refractivity contribution in [1.82, 2.24) is 0 Å². The van der Waals surface area contributed by atoms with Crippen LogP contribution in [0.1, 0.15) is 19.4 Å². The molecule has 0 heterocycles. The van der Waals surface area contributed by atoms with Gasteiger partial charge in [0.2, 0.25) is 0 Å². The molecular weight excluding hydrogens is 193 g/mol. The Balaban J connectivity index is 2.90. The van der Waals surface area contributed by atoms with Gasteiger partial charge in [-0.1, -0.05) is 6.07 Å². The van der Waals surface area contributed by atoms with Gasteiger partial charge in [0.05, 0.1) is 11.7 Å². The number of halogens is 3. The Morgan fingerprint density at radius 2 is 2.00 bits per heavy atom. The lowest BCUT2D eigenvalue weighted by atomic mass is 10.2. The van der Waals surface area contributed by atoms with Gasteiger partial charge in [-0.3, -0.25) is 0 Å². The zero-order valence-corrected chi connectivity index (χ0v) is 7.85. The van der Waals surface area contributed by atoms with Gasteiger partial charge in [0.1, 0.15) is 5.75 Å². The molecule has 1 rings (SSSR count). The van der Waals surface area contributed by atoms with E-state index >= 15 is 0 Å². The van der Waals surface area contributed by atoms with Crippen molar-refractivity contribution >= 4 is 0 Å². The van der Waals surface area contributed by atoms with Gasteiger partial charge in [-0.25, -0.2) is 0 Å². The van der Waals surface area contributed by atoms with Crippen LogP contribution in [0.4, 0.5) is 13.2 Å². The maximum atomic E-state index is 12.2. The Hall–Kier alpha value is -1.19. The van der Waals surface area contributed by atoms with Gasteiger partial charge in [-0.05, 0) is 32.0 Å². The monoisotopic (exact) mass is 203 g/mol. The van der Waals surface area contributed by atoms with Crippen LogP contribution in [-0.4, -0.2) is 6.10 Å². The Labute approximate surface area is 80.5 Å². The van der Waals surface area contributed by atoms with E-state index in [2.05, 4.69) is 6.07 Å². The molecule has 1 aromatic carbocycles. The van der Waals surface area contributed by atoms with Gasteiger partial charge in [0, 0.05) is 0 Å². The summed E-state index contributed by atoms with van der Waals surface area (Å²) in [6, 6.07) is 5.72. The van der Waals surface area contributed by atoms with E-state index in [9.17, 15) is 13.2 Å². The Morgan fingerprint density at radius 1 is 1.36 bits per heavy atom. The van der Waals surface area contributed by atoms with Crippen molar-refractivity contribution in [1.29, 1.82) is 0 Å². The SMILES string of the molecule is CC(C)Oc1cc[c]c(C(F)(F)F)c1. The molecule has 0 bridgehead atoms. The van der Waals surface area contributed by atoms with Crippen LogP contribution in [0.15, 0.2) is 18.2 Å². The fraction of sp³-hybridized carbons (Fsp3) is 0.400. The van der Waals surface area contributed by atoms with Gasteiger partial charge >= 0.3 is 6.18 Å². The number of rotatable bonds is 2. The molecule has 0 aliphatic carbocycles. The molecule has 0 unspecified atom stereocenters. The molecule has 1 nitrogen and oxygen atoms in total. The summed E-state index contributed by atoms with van der Waals surface area (Å²) in [5.41, 5.74) is -0.810. The first-order valence-electron chi connectivity index (χ1n) is 4.15. The Kier molecular flexibility index (Phi) is 3.03. The predicted octanol–water partition coefficient (Wildman–Crippen LogP) is 3.29. The zero-order chi connectivity index (χ0) is 10.8. The fourth-order valence-corrected chi connectivity index (χ4v) is 0.955. The van der Waals surface area contributed by atoms with E-state index in [1.807, 2.05) is 0 Å². The summed E-state index contributed by atoms with van der Waals surface area (Å²) in [5.74, 6) is 0.214. The van der Waals surface area contributed by atoms with E-state index < -0.39 is 11.7 Å². The summed E-state index contributed by atoms with van der Waals surface area (Å²) >= 11 is 0. The Bertz CT molecular complexity index is 304. The lowest BCUT2D eigenvalue weighted by Crippen LogP contribution is -2.08. The highest BCUT2D eigenvalue weighted by molar-refractivity contribution is 5.29. The van der Waals surface area contributed by atoms with Crippen molar-refractivity contribution in [2.75, 3.05) is 0 Å². The summed E-state index contributed by atoms with van der Waals surface area (Å²) in [6.45, 7) is 3.51. The van der Waals surface area contributed by atoms with Crippen LogP contribution >= 0.6 is 0 Å². The molecule has 14 heavy (non-hydrogen) atoms. The predicted molar refractivity (Wildman–Crippen MR) is 46.0 cm³/mol. The summed E-state index contributed by atoms with van der Waals surface area (Å²) < 4.78 is 41.8. The summed E-state index contributed by atoms with van der Waals surface area (Å²) in [4.78, 5) is 0. The maximum Gasteiger partial charge on any atom is 0.417 e. The van der Waals surface area contributed by atoms with Crippen molar-refractivity contribution < 1.29 is 17.9 Å². The van der Waals surface area contributed by atoms with Crippen molar-refractivity contribution in [2.45, 2.75) is 26.1 Å². The first-order valence-corrected chi connectivity index (χ1v) is 4.15. The second-order valence-corrected chi connectivity index (χ2v) is 3.10. The van der Waals surface area contributed by atoms with Crippen molar-refractivity contribution in [3.8, 4) is 5.75 Å². The van der Waals surface area contributed by atoms with E-state index in [1.165, 1.54) is 12.1 Å². The molecule has 0 saturated carbocycles. The van der Waals surface area contributed by atoms with Gasteiger partial charge in [-0.15, -0.1) is 0 Å². The molecule has 0 atom stereocenters. The molecule has 0 N–H and O–H groups in total. The highest BCUT2D eigenvalue weighted by atomic mass is 19.4. The summed E-state index contributed by atoms with van der Waals surface area (Å²) in [6.07, 6.45) is -4.51. The minimum Gasteiger partial charge on any atom is -0.491 e. The van der Waals surface area contributed by atoms with Crippen molar-refractivity contribution in [2.24, 2.45) is 0 Å². The van der Waals surface area contributed by atoms with Crippen LogP contribution in [0.2, 0.25) is 0 Å². The molecule has 0 saturated heterocycles. The number of ether oxygens (including phenoxy) is 1. The number of hydrogen-bond acceptors (Lipinski definition) is 1. The average molecular weight is 203 g/mol. The highest BCUT2D eigenvalue weighted by Gasteiger charge is 2.30. The summed E-state index contributed by atoms with van der Waals surface area (Å²) in [7, 11) is 0. The second kappa shape index (κ2) is 3.90. The second-order valence-electron chi connectivity index (χ2n) is 3.10. The largest absolute Gasteiger partial charge is 0.491 e. The van der Waals surface area contributed by atoms with E-state index in [1.54, 1.807) is 13.8 Å². The molecular formula is C10H10F3O. The first kappa shape index (κ1) is 10.9. The molecule has 0 aromatic heterocycles. The van der Waals surface area contributed by atoms with E-state index in [0.29, 0.717) is 0 Å². The molecule has 77 valence electrons.